The Morgan fingerprint density at radius 2 is 1.89 bits per heavy atom. The zero-order valence-corrected chi connectivity index (χ0v) is 12.9. The number of carbonyl (C=O) groups is 2. The smallest absolute Gasteiger partial charge is 0.317 e. The van der Waals surface area contributed by atoms with E-state index >= 15 is 0 Å². The van der Waals surface area contributed by atoms with Crippen LogP contribution in [-0.2, 0) is 9.53 Å². The van der Waals surface area contributed by atoms with Gasteiger partial charge in [0.05, 0.1) is 0 Å². The fourth-order valence-corrected chi connectivity index (χ4v) is 1.97. The van der Waals surface area contributed by atoms with Crippen molar-refractivity contribution in [2.45, 2.75) is 33.3 Å². The standard InChI is InChI=1S/C14H16BrFO3/c1-8(13(18)19-14(2,3)4)12(17)10-6-5-9(16)7-11(10)15/h5-8H,1-4H3. The Labute approximate surface area is 120 Å². The van der Waals surface area contributed by atoms with Gasteiger partial charge in [-0.2, -0.15) is 0 Å². The Balaban J connectivity index is 2.91. The monoisotopic (exact) mass is 330 g/mol. The van der Waals surface area contributed by atoms with E-state index in [-0.39, 0.29) is 5.56 Å². The molecular formula is C14H16BrFO3. The van der Waals surface area contributed by atoms with Gasteiger partial charge in [-0.05, 0) is 61.8 Å². The lowest BCUT2D eigenvalue weighted by Gasteiger charge is -2.22. The number of rotatable bonds is 3. The van der Waals surface area contributed by atoms with Gasteiger partial charge in [-0.15, -0.1) is 0 Å². The number of Topliss-reactive ketones (excluding diaryl/α,β-unsaturated/α-hetero) is 1. The maximum atomic E-state index is 13.0. The second-order valence-electron chi connectivity index (χ2n) is 5.24. The molecule has 1 aromatic rings. The van der Waals surface area contributed by atoms with Crippen LogP contribution in [0.15, 0.2) is 22.7 Å². The van der Waals surface area contributed by atoms with Gasteiger partial charge in [-0.1, -0.05) is 0 Å². The number of esters is 1. The van der Waals surface area contributed by atoms with E-state index in [9.17, 15) is 14.0 Å². The van der Waals surface area contributed by atoms with E-state index in [4.69, 9.17) is 4.74 Å². The van der Waals surface area contributed by atoms with Crippen molar-refractivity contribution >= 4 is 27.7 Å². The minimum atomic E-state index is -0.930. The van der Waals surface area contributed by atoms with Gasteiger partial charge in [-0.3, -0.25) is 9.59 Å². The summed E-state index contributed by atoms with van der Waals surface area (Å²) < 4.78 is 18.4. The van der Waals surface area contributed by atoms with Gasteiger partial charge in [0.25, 0.3) is 0 Å². The molecule has 104 valence electrons. The molecule has 0 aliphatic carbocycles. The van der Waals surface area contributed by atoms with Gasteiger partial charge < -0.3 is 4.74 Å². The molecule has 1 rings (SSSR count). The minimum absolute atomic E-state index is 0.264. The first-order valence-corrected chi connectivity index (χ1v) is 6.63. The van der Waals surface area contributed by atoms with Crippen molar-refractivity contribution in [3.05, 3.63) is 34.1 Å². The van der Waals surface area contributed by atoms with Crippen molar-refractivity contribution in [2.24, 2.45) is 5.92 Å². The van der Waals surface area contributed by atoms with Crippen LogP contribution in [0.4, 0.5) is 4.39 Å². The number of benzene rings is 1. The highest BCUT2D eigenvalue weighted by atomic mass is 79.9. The summed E-state index contributed by atoms with van der Waals surface area (Å²) in [4.78, 5) is 24.0. The Morgan fingerprint density at radius 3 is 2.37 bits per heavy atom. The summed E-state index contributed by atoms with van der Waals surface area (Å²) in [5.74, 6) is -2.37. The third-order valence-corrected chi connectivity index (χ3v) is 3.01. The molecule has 0 spiro atoms. The molecular weight excluding hydrogens is 315 g/mol. The fraction of sp³-hybridized carbons (Fsp3) is 0.429. The first-order chi connectivity index (χ1) is 8.61. The highest BCUT2D eigenvalue weighted by molar-refractivity contribution is 9.10. The summed E-state index contributed by atoms with van der Waals surface area (Å²) >= 11 is 3.11. The lowest BCUT2D eigenvalue weighted by molar-refractivity contribution is -0.157. The zero-order chi connectivity index (χ0) is 14.8. The molecule has 0 N–H and O–H groups in total. The van der Waals surface area contributed by atoms with E-state index < -0.39 is 29.1 Å². The minimum Gasteiger partial charge on any atom is -0.459 e. The lowest BCUT2D eigenvalue weighted by atomic mass is 9.99. The molecule has 1 unspecified atom stereocenters. The van der Waals surface area contributed by atoms with Gasteiger partial charge in [0, 0.05) is 10.0 Å². The van der Waals surface area contributed by atoms with E-state index in [1.54, 1.807) is 20.8 Å². The largest absolute Gasteiger partial charge is 0.459 e. The van der Waals surface area contributed by atoms with Crippen molar-refractivity contribution in [3.8, 4) is 0 Å². The molecule has 0 saturated heterocycles. The van der Waals surface area contributed by atoms with Gasteiger partial charge in [0.1, 0.15) is 17.3 Å². The number of halogens is 2. The summed E-state index contributed by atoms with van der Waals surface area (Å²) in [5, 5.41) is 0. The number of hydrogen-bond acceptors (Lipinski definition) is 3. The predicted octanol–water partition coefficient (Wildman–Crippen LogP) is 3.75. The summed E-state index contributed by atoms with van der Waals surface area (Å²) in [7, 11) is 0. The predicted molar refractivity (Wildman–Crippen MR) is 73.4 cm³/mol. The van der Waals surface area contributed by atoms with Crippen molar-refractivity contribution in [3.63, 3.8) is 0 Å². The van der Waals surface area contributed by atoms with E-state index in [1.807, 2.05) is 0 Å². The zero-order valence-electron chi connectivity index (χ0n) is 11.3. The molecule has 1 aromatic carbocycles. The van der Waals surface area contributed by atoms with Crippen molar-refractivity contribution in [1.29, 1.82) is 0 Å². The molecule has 19 heavy (non-hydrogen) atoms. The Bertz CT molecular complexity index is 506. The second-order valence-corrected chi connectivity index (χ2v) is 6.10. The molecule has 1 atom stereocenters. The fourth-order valence-electron chi connectivity index (χ4n) is 1.42. The molecule has 0 fully saturated rings. The third kappa shape index (κ3) is 4.42. The maximum Gasteiger partial charge on any atom is 0.317 e. The van der Waals surface area contributed by atoms with Gasteiger partial charge >= 0.3 is 5.97 Å². The number of ether oxygens (including phenoxy) is 1. The van der Waals surface area contributed by atoms with Crippen molar-refractivity contribution in [1.82, 2.24) is 0 Å². The Hall–Kier alpha value is -1.23. The van der Waals surface area contributed by atoms with Crippen LogP contribution in [0.2, 0.25) is 0 Å². The van der Waals surface area contributed by atoms with E-state index in [0.717, 1.165) is 0 Å². The highest BCUT2D eigenvalue weighted by Gasteiger charge is 2.28. The Morgan fingerprint density at radius 1 is 1.32 bits per heavy atom. The first kappa shape index (κ1) is 15.8. The normalized spacial score (nSPS) is 12.9. The lowest BCUT2D eigenvalue weighted by Crippen LogP contribution is -2.31. The van der Waals surface area contributed by atoms with Crippen LogP contribution in [0.5, 0.6) is 0 Å². The number of ketones is 1. The molecule has 0 aliphatic rings. The second kappa shape index (κ2) is 5.82. The average Bonchev–Trinajstić information content (AvgIpc) is 2.24. The highest BCUT2D eigenvalue weighted by Crippen LogP contribution is 2.22. The summed E-state index contributed by atoms with van der Waals surface area (Å²) in [6, 6.07) is 3.72. The van der Waals surface area contributed by atoms with Crippen LogP contribution in [-0.4, -0.2) is 17.4 Å². The van der Waals surface area contributed by atoms with Crippen LogP contribution in [0.3, 0.4) is 0 Å². The molecule has 0 radical (unpaired) electrons. The summed E-state index contributed by atoms with van der Waals surface area (Å²) in [6.45, 7) is 6.67. The molecule has 0 bridgehead atoms. The van der Waals surface area contributed by atoms with Crippen molar-refractivity contribution < 1.29 is 18.7 Å². The van der Waals surface area contributed by atoms with Crippen LogP contribution in [0.1, 0.15) is 38.1 Å². The van der Waals surface area contributed by atoms with Gasteiger partial charge in [-0.25, -0.2) is 4.39 Å². The van der Waals surface area contributed by atoms with E-state index in [0.29, 0.717) is 4.47 Å². The summed E-state index contributed by atoms with van der Waals surface area (Å²) in [6.07, 6.45) is 0. The van der Waals surface area contributed by atoms with Gasteiger partial charge in [0.2, 0.25) is 0 Å². The maximum absolute atomic E-state index is 13.0. The molecule has 0 saturated carbocycles. The average molecular weight is 331 g/mol. The van der Waals surface area contributed by atoms with E-state index in [1.165, 1.54) is 25.1 Å². The molecule has 5 heteroatoms. The first-order valence-electron chi connectivity index (χ1n) is 5.84. The SMILES string of the molecule is CC(C(=O)OC(C)(C)C)C(=O)c1ccc(F)cc1Br. The van der Waals surface area contributed by atoms with Crippen LogP contribution >= 0.6 is 15.9 Å². The number of carbonyl (C=O) groups excluding carboxylic acids is 2. The topological polar surface area (TPSA) is 43.4 Å². The molecule has 0 heterocycles. The van der Waals surface area contributed by atoms with Crippen LogP contribution in [0.25, 0.3) is 0 Å². The Kier molecular flexibility index (Phi) is 4.85. The van der Waals surface area contributed by atoms with Crippen LogP contribution in [0, 0.1) is 11.7 Å². The van der Waals surface area contributed by atoms with Crippen molar-refractivity contribution in [2.75, 3.05) is 0 Å². The molecule has 0 aliphatic heterocycles. The van der Waals surface area contributed by atoms with E-state index in [2.05, 4.69) is 15.9 Å². The molecule has 0 aromatic heterocycles. The number of hydrogen-bond donors (Lipinski definition) is 0. The molecule has 3 nitrogen and oxygen atoms in total. The quantitative estimate of drug-likeness (QED) is 0.481. The van der Waals surface area contributed by atoms with Crippen LogP contribution < -0.4 is 0 Å². The molecule has 0 amide bonds. The van der Waals surface area contributed by atoms with Gasteiger partial charge in [0.15, 0.2) is 5.78 Å². The summed E-state index contributed by atoms with van der Waals surface area (Å²) in [5.41, 5.74) is -0.384. The third-order valence-electron chi connectivity index (χ3n) is 2.35.